The van der Waals surface area contributed by atoms with Gasteiger partial charge in [-0.1, -0.05) is 36.4 Å². The van der Waals surface area contributed by atoms with Crippen LogP contribution in [0.25, 0.3) is 27.5 Å². The van der Waals surface area contributed by atoms with Crippen molar-refractivity contribution in [3.8, 4) is 5.69 Å². The second-order valence-electron chi connectivity index (χ2n) is 5.19. The van der Waals surface area contributed by atoms with E-state index < -0.39 is 29.0 Å². The highest BCUT2D eigenvalue weighted by atomic mass is 19.2. The molecular formula is C18H9F4N. The van der Waals surface area contributed by atoms with E-state index in [1.807, 2.05) is 0 Å². The molecule has 1 heterocycles. The zero-order valence-corrected chi connectivity index (χ0v) is 11.7. The van der Waals surface area contributed by atoms with Gasteiger partial charge < -0.3 is 4.57 Å². The van der Waals surface area contributed by atoms with Gasteiger partial charge in [0, 0.05) is 16.8 Å². The molecule has 0 saturated heterocycles. The number of fused-ring (bicyclic) bond motifs is 3. The van der Waals surface area contributed by atoms with Crippen molar-refractivity contribution in [1.29, 1.82) is 0 Å². The molecule has 0 radical (unpaired) electrons. The van der Waals surface area contributed by atoms with Gasteiger partial charge in [-0.05, 0) is 12.1 Å². The molecule has 1 aromatic heterocycles. The molecule has 0 unspecified atom stereocenters. The largest absolute Gasteiger partial charge is 0.304 e. The minimum atomic E-state index is -1.43. The van der Waals surface area contributed by atoms with E-state index in [0.29, 0.717) is 11.0 Å². The van der Waals surface area contributed by atoms with Gasteiger partial charge in [0.15, 0.2) is 23.3 Å². The number of nitrogens with zero attached hydrogens (tertiary/aromatic N) is 1. The molecule has 23 heavy (non-hydrogen) atoms. The van der Waals surface area contributed by atoms with Crippen LogP contribution in [0.1, 0.15) is 0 Å². The Morgan fingerprint density at radius 1 is 0.609 bits per heavy atom. The molecule has 0 saturated carbocycles. The van der Waals surface area contributed by atoms with Crippen molar-refractivity contribution in [3.05, 3.63) is 77.9 Å². The van der Waals surface area contributed by atoms with Crippen LogP contribution >= 0.6 is 0 Å². The van der Waals surface area contributed by atoms with Crippen molar-refractivity contribution in [2.24, 2.45) is 0 Å². The molecule has 5 heteroatoms. The third kappa shape index (κ3) is 1.86. The molecule has 114 valence electrons. The first kappa shape index (κ1) is 13.8. The predicted octanol–water partition coefficient (Wildman–Crippen LogP) is 5.34. The number of hydrogen-bond acceptors (Lipinski definition) is 0. The van der Waals surface area contributed by atoms with E-state index >= 15 is 0 Å². The third-order valence-electron chi connectivity index (χ3n) is 3.89. The standard InChI is InChI=1S/C18H9F4N/c19-12-9-13(20)17(22)18(16(12)21)23-14-7-3-1-5-10(14)11-6-2-4-8-15(11)23/h1-9H. The Bertz CT molecular complexity index is 986. The van der Waals surface area contributed by atoms with Crippen molar-refractivity contribution in [2.45, 2.75) is 0 Å². The molecule has 0 aliphatic carbocycles. The van der Waals surface area contributed by atoms with Crippen LogP contribution in [-0.2, 0) is 0 Å². The summed E-state index contributed by atoms with van der Waals surface area (Å²) in [6.45, 7) is 0. The Labute approximate surface area is 128 Å². The Kier molecular flexibility index (Phi) is 2.91. The maximum absolute atomic E-state index is 14.3. The van der Waals surface area contributed by atoms with Crippen molar-refractivity contribution < 1.29 is 17.6 Å². The summed E-state index contributed by atoms with van der Waals surface area (Å²) in [4.78, 5) is 0. The molecule has 0 bridgehead atoms. The van der Waals surface area contributed by atoms with E-state index in [4.69, 9.17) is 0 Å². The topological polar surface area (TPSA) is 4.93 Å². The van der Waals surface area contributed by atoms with Crippen LogP contribution in [0.15, 0.2) is 54.6 Å². The van der Waals surface area contributed by atoms with Crippen LogP contribution in [-0.4, -0.2) is 4.57 Å². The third-order valence-corrected chi connectivity index (χ3v) is 3.89. The van der Waals surface area contributed by atoms with Gasteiger partial charge in [0.25, 0.3) is 0 Å². The van der Waals surface area contributed by atoms with Crippen molar-refractivity contribution in [1.82, 2.24) is 4.57 Å². The summed E-state index contributed by atoms with van der Waals surface area (Å²) in [5.41, 5.74) is 0.188. The summed E-state index contributed by atoms with van der Waals surface area (Å²) in [6, 6.07) is 14.1. The van der Waals surface area contributed by atoms with E-state index in [-0.39, 0.29) is 6.07 Å². The van der Waals surface area contributed by atoms with Crippen LogP contribution in [0.4, 0.5) is 17.6 Å². The molecule has 1 nitrogen and oxygen atoms in total. The number of aromatic nitrogens is 1. The minimum Gasteiger partial charge on any atom is -0.304 e. The first-order chi connectivity index (χ1) is 11.1. The minimum absolute atomic E-state index is 0.210. The molecular weight excluding hydrogens is 306 g/mol. The highest BCUT2D eigenvalue weighted by Crippen LogP contribution is 2.34. The van der Waals surface area contributed by atoms with E-state index in [0.717, 1.165) is 10.8 Å². The lowest BCUT2D eigenvalue weighted by Crippen LogP contribution is -2.06. The van der Waals surface area contributed by atoms with Gasteiger partial charge in [-0.2, -0.15) is 0 Å². The zero-order valence-electron chi connectivity index (χ0n) is 11.7. The quantitative estimate of drug-likeness (QED) is 0.330. The highest BCUT2D eigenvalue weighted by Gasteiger charge is 2.23. The van der Waals surface area contributed by atoms with Crippen LogP contribution in [0.5, 0.6) is 0 Å². The Balaban J connectivity index is 2.27. The summed E-state index contributed by atoms with van der Waals surface area (Å²) in [6.07, 6.45) is 0. The molecule has 4 aromatic rings. The van der Waals surface area contributed by atoms with Gasteiger partial charge in [0.05, 0.1) is 11.0 Å². The number of halogens is 4. The molecule has 0 aliphatic heterocycles. The lowest BCUT2D eigenvalue weighted by molar-refractivity contribution is 0.449. The number of hydrogen-bond donors (Lipinski definition) is 0. The van der Waals surface area contributed by atoms with Crippen molar-refractivity contribution >= 4 is 21.8 Å². The lowest BCUT2D eigenvalue weighted by atomic mass is 10.2. The zero-order chi connectivity index (χ0) is 16.1. The van der Waals surface area contributed by atoms with Crippen molar-refractivity contribution in [3.63, 3.8) is 0 Å². The summed E-state index contributed by atoms with van der Waals surface area (Å²) in [7, 11) is 0. The van der Waals surface area contributed by atoms with Crippen LogP contribution in [0.3, 0.4) is 0 Å². The van der Waals surface area contributed by atoms with Crippen LogP contribution in [0.2, 0.25) is 0 Å². The molecule has 3 aromatic carbocycles. The van der Waals surface area contributed by atoms with E-state index in [1.165, 1.54) is 4.57 Å². The molecule has 4 rings (SSSR count). The van der Waals surface area contributed by atoms with Gasteiger partial charge in [0.1, 0.15) is 5.69 Å². The molecule has 0 atom stereocenters. The highest BCUT2D eigenvalue weighted by molar-refractivity contribution is 6.09. The smallest absolute Gasteiger partial charge is 0.186 e. The predicted molar refractivity (Wildman–Crippen MR) is 80.6 cm³/mol. The van der Waals surface area contributed by atoms with Gasteiger partial charge in [-0.15, -0.1) is 0 Å². The number of para-hydroxylation sites is 2. The summed E-state index contributed by atoms with van der Waals surface area (Å²) in [5, 5.41) is 1.48. The SMILES string of the molecule is Fc1cc(F)c(F)c(-n2c3ccccc3c3ccccc32)c1F. The molecule has 0 amide bonds. The summed E-state index contributed by atoms with van der Waals surface area (Å²) in [5.74, 6) is -5.70. The molecule has 0 N–H and O–H groups in total. The fourth-order valence-corrected chi connectivity index (χ4v) is 2.92. The fraction of sp³-hybridized carbons (Fsp3) is 0. The first-order valence-electron chi connectivity index (χ1n) is 6.91. The fourth-order valence-electron chi connectivity index (χ4n) is 2.92. The van der Waals surface area contributed by atoms with Gasteiger partial charge in [-0.25, -0.2) is 17.6 Å². The molecule has 0 spiro atoms. The Morgan fingerprint density at radius 3 is 1.52 bits per heavy atom. The molecule has 0 fully saturated rings. The maximum atomic E-state index is 14.3. The average Bonchev–Trinajstić information content (AvgIpc) is 2.89. The van der Waals surface area contributed by atoms with Crippen LogP contribution in [0, 0.1) is 23.3 Å². The normalized spacial score (nSPS) is 11.5. The summed E-state index contributed by atoms with van der Waals surface area (Å²) >= 11 is 0. The van der Waals surface area contributed by atoms with E-state index in [9.17, 15) is 17.6 Å². The average molecular weight is 315 g/mol. The second kappa shape index (κ2) is 4.84. The Morgan fingerprint density at radius 2 is 1.04 bits per heavy atom. The Hall–Kier alpha value is -2.82. The van der Waals surface area contributed by atoms with E-state index in [1.54, 1.807) is 48.5 Å². The number of benzene rings is 3. The maximum Gasteiger partial charge on any atom is 0.186 e. The van der Waals surface area contributed by atoms with Crippen LogP contribution < -0.4 is 0 Å². The van der Waals surface area contributed by atoms with Gasteiger partial charge >= 0.3 is 0 Å². The van der Waals surface area contributed by atoms with E-state index in [2.05, 4.69) is 0 Å². The van der Waals surface area contributed by atoms with Gasteiger partial charge in [0.2, 0.25) is 0 Å². The van der Waals surface area contributed by atoms with Crippen molar-refractivity contribution in [2.75, 3.05) is 0 Å². The van der Waals surface area contributed by atoms with Gasteiger partial charge in [-0.3, -0.25) is 0 Å². The number of rotatable bonds is 1. The first-order valence-corrected chi connectivity index (χ1v) is 6.91. The monoisotopic (exact) mass is 315 g/mol. The lowest BCUT2D eigenvalue weighted by Gasteiger charge is -2.11. The second-order valence-corrected chi connectivity index (χ2v) is 5.19. The summed E-state index contributed by atoms with van der Waals surface area (Å²) < 4.78 is 57.0. The molecule has 0 aliphatic rings.